The highest BCUT2D eigenvalue weighted by Gasteiger charge is 2.30. The third-order valence-electron chi connectivity index (χ3n) is 3.70. The molecule has 4 heteroatoms. The van der Waals surface area contributed by atoms with Gasteiger partial charge < -0.3 is 5.32 Å². The summed E-state index contributed by atoms with van der Waals surface area (Å²) in [6, 6.07) is 5.50. The van der Waals surface area contributed by atoms with Gasteiger partial charge in [0.05, 0.1) is 5.56 Å². The lowest BCUT2D eigenvalue weighted by molar-refractivity contribution is -0.137. The van der Waals surface area contributed by atoms with E-state index >= 15 is 0 Å². The molecule has 1 nitrogen and oxygen atoms in total. The van der Waals surface area contributed by atoms with E-state index in [-0.39, 0.29) is 5.54 Å². The van der Waals surface area contributed by atoms with Crippen molar-refractivity contribution in [3.63, 3.8) is 0 Å². The zero-order chi connectivity index (χ0) is 13.2. The summed E-state index contributed by atoms with van der Waals surface area (Å²) in [6.07, 6.45) is -0.116. The zero-order valence-corrected chi connectivity index (χ0v) is 10.5. The lowest BCUT2D eigenvalue weighted by Crippen LogP contribution is -2.36. The van der Waals surface area contributed by atoms with Crippen molar-refractivity contribution < 1.29 is 13.2 Å². The molecule has 1 N–H and O–H groups in total. The molecule has 0 saturated carbocycles. The summed E-state index contributed by atoms with van der Waals surface area (Å²) < 4.78 is 37.2. The van der Waals surface area contributed by atoms with E-state index < -0.39 is 11.7 Å². The minimum Gasteiger partial charge on any atom is -0.312 e. The number of aryl methyl sites for hydroxylation is 1. The second-order valence-electron chi connectivity index (χ2n) is 5.29. The van der Waals surface area contributed by atoms with Gasteiger partial charge in [0.2, 0.25) is 0 Å². The Labute approximate surface area is 105 Å². The molecular formula is C14H18F3N. The van der Waals surface area contributed by atoms with Crippen LogP contribution in [0, 0.1) is 0 Å². The maximum Gasteiger partial charge on any atom is 0.416 e. The molecular weight excluding hydrogens is 239 g/mol. The Morgan fingerprint density at radius 1 is 1.22 bits per heavy atom. The molecule has 1 aromatic rings. The number of nitrogens with one attached hydrogen (secondary N) is 1. The first-order valence-electron chi connectivity index (χ1n) is 6.30. The van der Waals surface area contributed by atoms with Crippen LogP contribution in [0.4, 0.5) is 13.2 Å². The lowest BCUT2D eigenvalue weighted by Gasteiger charge is -2.24. The van der Waals surface area contributed by atoms with E-state index in [2.05, 4.69) is 12.2 Å². The van der Waals surface area contributed by atoms with Crippen molar-refractivity contribution >= 4 is 0 Å². The molecule has 100 valence electrons. The molecule has 0 bridgehead atoms. The van der Waals surface area contributed by atoms with Gasteiger partial charge in [-0.3, -0.25) is 0 Å². The summed E-state index contributed by atoms with van der Waals surface area (Å²) in [7, 11) is 0. The van der Waals surface area contributed by atoms with E-state index in [9.17, 15) is 13.2 Å². The summed E-state index contributed by atoms with van der Waals surface area (Å²) in [4.78, 5) is 0. The van der Waals surface area contributed by atoms with Crippen molar-refractivity contribution in [3.8, 4) is 0 Å². The van der Waals surface area contributed by atoms with E-state index in [4.69, 9.17) is 0 Å². The van der Waals surface area contributed by atoms with Gasteiger partial charge in [-0.15, -0.1) is 0 Å². The van der Waals surface area contributed by atoms with Crippen molar-refractivity contribution in [2.45, 2.75) is 44.3 Å². The van der Waals surface area contributed by atoms with E-state index in [1.807, 2.05) is 0 Å². The number of halogens is 3. The molecule has 0 aliphatic carbocycles. The van der Waals surface area contributed by atoms with Crippen LogP contribution < -0.4 is 5.32 Å². The monoisotopic (exact) mass is 257 g/mol. The fourth-order valence-electron chi connectivity index (χ4n) is 2.45. The minimum absolute atomic E-state index is 0.155. The van der Waals surface area contributed by atoms with Gasteiger partial charge in [0.1, 0.15) is 0 Å². The third kappa shape index (κ3) is 3.25. The first-order valence-corrected chi connectivity index (χ1v) is 6.30. The largest absolute Gasteiger partial charge is 0.416 e. The summed E-state index contributed by atoms with van der Waals surface area (Å²) in [5, 5.41) is 3.46. The summed E-state index contributed by atoms with van der Waals surface area (Å²) in [6.45, 7) is 3.23. The van der Waals surface area contributed by atoms with Crippen molar-refractivity contribution in [1.29, 1.82) is 0 Å². The van der Waals surface area contributed by atoms with Gasteiger partial charge in [-0.2, -0.15) is 13.2 Å². The van der Waals surface area contributed by atoms with Gasteiger partial charge in [-0.05, 0) is 56.8 Å². The van der Waals surface area contributed by atoms with Crippen LogP contribution in [0.3, 0.4) is 0 Å². The fraction of sp³-hybridized carbons (Fsp3) is 0.571. The summed E-state index contributed by atoms with van der Waals surface area (Å²) in [5.74, 6) is 0. The Bertz CT molecular complexity index is 388. The average Bonchev–Trinajstić information content (AvgIpc) is 2.74. The maximum atomic E-state index is 12.4. The summed E-state index contributed by atoms with van der Waals surface area (Å²) >= 11 is 0. The number of hydrogen-bond acceptors (Lipinski definition) is 1. The molecule has 1 aliphatic heterocycles. The SMILES string of the molecule is CC1(CCc2ccc(C(F)(F)F)cc2)CCCN1. The number of hydrogen-bond donors (Lipinski definition) is 1. The van der Waals surface area contributed by atoms with Gasteiger partial charge >= 0.3 is 6.18 Å². The molecule has 1 heterocycles. The molecule has 1 unspecified atom stereocenters. The van der Waals surface area contributed by atoms with Crippen LogP contribution in [0.5, 0.6) is 0 Å². The molecule has 18 heavy (non-hydrogen) atoms. The average molecular weight is 257 g/mol. The molecule has 1 aromatic carbocycles. The predicted molar refractivity (Wildman–Crippen MR) is 65.4 cm³/mol. The van der Waals surface area contributed by atoms with E-state index in [1.54, 1.807) is 12.1 Å². The van der Waals surface area contributed by atoms with E-state index in [0.29, 0.717) is 0 Å². The first-order chi connectivity index (χ1) is 8.39. The predicted octanol–water partition coefficient (Wildman–Crippen LogP) is 3.78. The normalized spacial score (nSPS) is 24.4. The zero-order valence-electron chi connectivity index (χ0n) is 10.5. The van der Waals surface area contributed by atoms with Crippen molar-refractivity contribution in [1.82, 2.24) is 5.32 Å². The highest BCUT2D eigenvalue weighted by atomic mass is 19.4. The Morgan fingerprint density at radius 2 is 1.89 bits per heavy atom. The molecule has 1 aliphatic rings. The molecule has 0 spiro atoms. The van der Waals surface area contributed by atoms with Gasteiger partial charge in [-0.1, -0.05) is 12.1 Å². The van der Waals surface area contributed by atoms with Crippen LogP contribution in [0.25, 0.3) is 0 Å². The van der Waals surface area contributed by atoms with Crippen LogP contribution in [-0.4, -0.2) is 12.1 Å². The number of alkyl halides is 3. The number of rotatable bonds is 3. The van der Waals surface area contributed by atoms with Crippen LogP contribution >= 0.6 is 0 Å². The lowest BCUT2D eigenvalue weighted by atomic mass is 9.92. The molecule has 1 saturated heterocycles. The Kier molecular flexibility index (Phi) is 3.66. The van der Waals surface area contributed by atoms with Crippen molar-refractivity contribution in [2.24, 2.45) is 0 Å². The van der Waals surface area contributed by atoms with E-state index in [0.717, 1.165) is 31.4 Å². The van der Waals surface area contributed by atoms with Crippen molar-refractivity contribution in [3.05, 3.63) is 35.4 Å². The van der Waals surface area contributed by atoms with Gasteiger partial charge in [0.15, 0.2) is 0 Å². The minimum atomic E-state index is -4.24. The fourth-order valence-corrected chi connectivity index (χ4v) is 2.45. The molecule has 2 rings (SSSR count). The van der Waals surface area contributed by atoms with Gasteiger partial charge in [-0.25, -0.2) is 0 Å². The second-order valence-corrected chi connectivity index (χ2v) is 5.29. The molecule has 0 radical (unpaired) electrons. The van der Waals surface area contributed by atoms with Crippen LogP contribution in [0.1, 0.15) is 37.3 Å². The van der Waals surface area contributed by atoms with Crippen LogP contribution in [0.2, 0.25) is 0 Å². The van der Waals surface area contributed by atoms with Gasteiger partial charge in [0, 0.05) is 5.54 Å². The maximum absolute atomic E-state index is 12.4. The first kappa shape index (κ1) is 13.4. The molecule has 0 aromatic heterocycles. The number of benzene rings is 1. The highest BCUT2D eigenvalue weighted by Crippen LogP contribution is 2.30. The van der Waals surface area contributed by atoms with Crippen LogP contribution in [0.15, 0.2) is 24.3 Å². The highest BCUT2D eigenvalue weighted by molar-refractivity contribution is 5.24. The topological polar surface area (TPSA) is 12.0 Å². The third-order valence-corrected chi connectivity index (χ3v) is 3.70. The van der Waals surface area contributed by atoms with Gasteiger partial charge in [0.25, 0.3) is 0 Å². The quantitative estimate of drug-likeness (QED) is 0.869. The molecule has 1 atom stereocenters. The Hall–Kier alpha value is -1.03. The van der Waals surface area contributed by atoms with Crippen LogP contribution in [-0.2, 0) is 12.6 Å². The Balaban J connectivity index is 1.94. The second kappa shape index (κ2) is 4.92. The summed E-state index contributed by atoms with van der Waals surface area (Å²) in [5.41, 5.74) is 0.553. The molecule has 0 amide bonds. The Morgan fingerprint density at radius 3 is 2.39 bits per heavy atom. The standard InChI is InChI=1S/C14H18F3N/c1-13(8-2-10-18-13)9-7-11-3-5-12(6-4-11)14(15,16)17/h3-6,18H,2,7-10H2,1H3. The smallest absolute Gasteiger partial charge is 0.312 e. The van der Waals surface area contributed by atoms with E-state index in [1.165, 1.54) is 18.6 Å². The molecule has 1 fully saturated rings. The van der Waals surface area contributed by atoms with Crippen molar-refractivity contribution in [2.75, 3.05) is 6.54 Å².